The fourth-order valence-corrected chi connectivity index (χ4v) is 1.21. The zero-order valence-electron chi connectivity index (χ0n) is 9.65. The molecule has 0 aliphatic heterocycles. The van der Waals surface area contributed by atoms with Gasteiger partial charge in [-0.2, -0.15) is 0 Å². The summed E-state index contributed by atoms with van der Waals surface area (Å²) in [7, 11) is 1.64. The molecule has 0 aliphatic carbocycles. The molecule has 2 N–H and O–H groups in total. The third kappa shape index (κ3) is 5.00. The molecular weight excluding hydrogens is 206 g/mol. The summed E-state index contributed by atoms with van der Waals surface area (Å²) in [6.45, 7) is 2.52. The van der Waals surface area contributed by atoms with Crippen LogP contribution in [0.15, 0.2) is 24.3 Å². The summed E-state index contributed by atoms with van der Waals surface area (Å²) in [5.74, 6) is 1.68. The van der Waals surface area contributed by atoms with Crippen LogP contribution in [0.2, 0.25) is 0 Å². The largest absolute Gasteiger partial charge is 0.497 e. The van der Waals surface area contributed by atoms with Crippen LogP contribution >= 0.6 is 0 Å². The van der Waals surface area contributed by atoms with Gasteiger partial charge in [0.15, 0.2) is 0 Å². The Labute approximate surface area is 96.3 Å². The zero-order valence-corrected chi connectivity index (χ0v) is 9.65. The molecule has 1 rings (SSSR count). The van der Waals surface area contributed by atoms with Crippen LogP contribution in [0.5, 0.6) is 11.5 Å². The smallest absolute Gasteiger partial charge is 0.119 e. The van der Waals surface area contributed by atoms with Crippen molar-refractivity contribution < 1.29 is 14.2 Å². The van der Waals surface area contributed by atoms with Gasteiger partial charge < -0.3 is 19.9 Å². The number of nitrogens with two attached hydrogens (primary N) is 1. The number of rotatable bonds is 8. The van der Waals surface area contributed by atoms with Crippen LogP contribution in [0.3, 0.4) is 0 Å². The topological polar surface area (TPSA) is 53.7 Å². The van der Waals surface area contributed by atoms with Crippen molar-refractivity contribution in [3.8, 4) is 11.5 Å². The molecular formula is C12H19NO3. The minimum atomic E-state index is 0.569. The van der Waals surface area contributed by atoms with Crippen molar-refractivity contribution in [2.45, 2.75) is 6.42 Å². The van der Waals surface area contributed by atoms with E-state index in [1.54, 1.807) is 7.11 Å². The molecule has 1 aromatic carbocycles. The monoisotopic (exact) mass is 225 g/mol. The van der Waals surface area contributed by atoms with Crippen LogP contribution < -0.4 is 15.2 Å². The Bertz CT molecular complexity index is 274. The molecule has 4 nitrogen and oxygen atoms in total. The first kappa shape index (κ1) is 12.8. The highest BCUT2D eigenvalue weighted by Crippen LogP contribution is 2.16. The molecule has 0 saturated carbocycles. The van der Waals surface area contributed by atoms with Gasteiger partial charge in [-0.3, -0.25) is 0 Å². The summed E-state index contributed by atoms with van der Waals surface area (Å²) < 4.78 is 15.8. The molecule has 16 heavy (non-hydrogen) atoms. The van der Waals surface area contributed by atoms with Crippen LogP contribution in [0.1, 0.15) is 6.42 Å². The fraction of sp³-hybridized carbons (Fsp3) is 0.500. The predicted molar refractivity (Wildman–Crippen MR) is 63.0 cm³/mol. The number of benzene rings is 1. The van der Waals surface area contributed by atoms with E-state index in [9.17, 15) is 0 Å². The maximum atomic E-state index is 5.52. The first-order chi connectivity index (χ1) is 7.86. The molecule has 0 aromatic heterocycles. The van der Waals surface area contributed by atoms with Gasteiger partial charge in [-0.1, -0.05) is 0 Å². The molecule has 1 aromatic rings. The number of methoxy groups -OCH3 is 1. The van der Waals surface area contributed by atoms with Crippen molar-refractivity contribution in [2.75, 3.05) is 33.5 Å². The lowest BCUT2D eigenvalue weighted by molar-refractivity contribution is 0.126. The van der Waals surface area contributed by atoms with E-state index in [2.05, 4.69) is 0 Å². The van der Waals surface area contributed by atoms with E-state index in [1.807, 2.05) is 24.3 Å². The van der Waals surface area contributed by atoms with Crippen molar-refractivity contribution in [1.82, 2.24) is 0 Å². The molecule has 90 valence electrons. The second-order valence-electron chi connectivity index (χ2n) is 3.28. The minimum Gasteiger partial charge on any atom is -0.497 e. The summed E-state index contributed by atoms with van der Waals surface area (Å²) in [5.41, 5.74) is 5.29. The van der Waals surface area contributed by atoms with Crippen molar-refractivity contribution in [3.63, 3.8) is 0 Å². The Kier molecular flexibility index (Phi) is 6.37. The van der Waals surface area contributed by atoms with Gasteiger partial charge in [0.05, 0.1) is 20.3 Å². The van der Waals surface area contributed by atoms with E-state index in [0.717, 1.165) is 17.9 Å². The standard InChI is InChI=1S/C12H19NO3/c1-14-11-3-5-12(6-4-11)16-9-2-8-15-10-7-13/h3-6H,2,7-10,13H2,1H3. The van der Waals surface area contributed by atoms with Gasteiger partial charge >= 0.3 is 0 Å². The van der Waals surface area contributed by atoms with Gasteiger partial charge in [0.1, 0.15) is 11.5 Å². The van der Waals surface area contributed by atoms with Gasteiger partial charge in [-0.15, -0.1) is 0 Å². The van der Waals surface area contributed by atoms with Crippen LogP contribution in [-0.2, 0) is 4.74 Å². The molecule has 0 heterocycles. The molecule has 0 atom stereocenters. The summed E-state index contributed by atoms with van der Waals surface area (Å²) in [6, 6.07) is 7.53. The van der Waals surface area contributed by atoms with Gasteiger partial charge in [0.2, 0.25) is 0 Å². The van der Waals surface area contributed by atoms with Crippen LogP contribution in [-0.4, -0.2) is 33.5 Å². The van der Waals surface area contributed by atoms with E-state index in [-0.39, 0.29) is 0 Å². The zero-order chi connectivity index (χ0) is 11.6. The molecule has 0 amide bonds. The molecule has 0 saturated heterocycles. The van der Waals surface area contributed by atoms with Gasteiger partial charge in [0, 0.05) is 19.6 Å². The first-order valence-corrected chi connectivity index (χ1v) is 5.41. The fourth-order valence-electron chi connectivity index (χ4n) is 1.21. The van der Waals surface area contributed by atoms with E-state index >= 15 is 0 Å². The van der Waals surface area contributed by atoms with Crippen molar-refractivity contribution in [2.24, 2.45) is 5.73 Å². The lowest BCUT2D eigenvalue weighted by Crippen LogP contribution is -2.10. The Balaban J connectivity index is 2.12. The maximum Gasteiger partial charge on any atom is 0.119 e. The SMILES string of the molecule is COc1ccc(OCCCOCCN)cc1. The first-order valence-electron chi connectivity index (χ1n) is 5.41. The average Bonchev–Trinajstić information content (AvgIpc) is 2.34. The molecule has 0 unspecified atom stereocenters. The van der Waals surface area contributed by atoms with E-state index < -0.39 is 0 Å². The van der Waals surface area contributed by atoms with Crippen LogP contribution in [0.25, 0.3) is 0 Å². The highest BCUT2D eigenvalue weighted by atomic mass is 16.5. The molecule has 0 spiro atoms. The van der Waals surface area contributed by atoms with Gasteiger partial charge in [-0.25, -0.2) is 0 Å². The van der Waals surface area contributed by atoms with Gasteiger partial charge in [0.25, 0.3) is 0 Å². The number of ether oxygens (including phenoxy) is 3. The number of hydrogen-bond donors (Lipinski definition) is 1. The highest BCUT2D eigenvalue weighted by molar-refractivity contribution is 5.30. The molecule has 0 radical (unpaired) electrons. The second-order valence-corrected chi connectivity index (χ2v) is 3.28. The maximum absolute atomic E-state index is 5.52. The summed E-state index contributed by atoms with van der Waals surface area (Å²) in [4.78, 5) is 0. The molecule has 0 bridgehead atoms. The lowest BCUT2D eigenvalue weighted by atomic mass is 10.3. The quantitative estimate of drug-likeness (QED) is 0.680. The average molecular weight is 225 g/mol. The Morgan fingerprint density at radius 2 is 1.69 bits per heavy atom. The van der Waals surface area contributed by atoms with E-state index in [1.165, 1.54) is 0 Å². The van der Waals surface area contributed by atoms with Gasteiger partial charge in [-0.05, 0) is 24.3 Å². The van der Waals surface area contributed by atoms with E-state index in [0.29, 0.717) is 26.4 Å². The third-order valence-electron chi connectivity index (χ3n) is 2.02. The lowest BCUT2D eigenvalue weighted by Gasteiger charge is -2.07. The van der Waals surface area contributed by atoms with Crippen molar-refractivity contribution in [1.29, 1.82) is 0 Å². The third-order valence-corrected chi connectivity index (χ3v) is 2.02. The molecule has 4 heteroatoms. The molecule has 0 fully saturated rings. The Morgan fingerprint density at radius 3 is 2.31 bits per heavy atom. The molecule has 0 aliphatic rings. The highest BCUT2D eigenvalue weighted by Gasteiger charge is 1.95. The van der Waals surface area contributed by atoms with E-state index in [4.69, 9.17) is 19.9 Å². The Hall–Kier alpha value is -1.26. The van der Waals surface area contributed by atoms with Crippen molar-refractivity contribution >= 4 is 0 Å². The van der Waals surface area contributed by atoms with Crippen molar-refractivity contribution in [3.05, 3.63) is 24.3 Å². The normalized spacial score (nSPS) is 10.1. The number of hydrogen-bond acceptors (Lipinski definition) is 4. The van der Waals surface area contributed by atoms with Crippen LogP contribution in [0, 0.1) is 0 Å². The second kappa shape index (κ2) is 7.96. The van der Waals surface area contributed by atoms with Crippen LogP contribution in [0.4, 0.5) is 0 Å². The minimum absolute atomic E-state index is 0.569. The Morgan fingerprint density at radius 1 is 1.00 bits per heavy atom. The predicted octanol–water partition coefficient (Wildman–Crippen LogP) is 1.44. The summed E-state index contributed by atoms with van der Waals surface area (Å²) in [5, 5.41) is 0. The summed E-state index contributed by atoms with van der Waals surface area (Å²) in [6.07, 6.45) is 0.867. The summed E-state index contributed by atoms with van der Waals surface area (Å²) >= 11 is 0.